The summed E-state index contributed by atoms with van der Waals surface area (Å²) < 4.78 is 27.0. The van der Waals surface area contributed by atoms with Crippen molar-refractivity contribution in [3.8, 4) is 0 Å². The van der Waals surface area contributed by atoms with Gasteiger partial charge < -0.3 is 0 Å². The molecule has 1 atom stereocenters. The molecule has 1 aliphatic rings. The van der Waals surface area contributed by atoms with Crippen molar-refractivity contribution in [1.82, 2.24) is 15.6 Å². The molecule has 2 amide bonds. The minimum Gasteiger partial charge on any atom is -0.267 e. The van der Waals surface area contributed by atoms with Gasteiger partial charge in [-0.1, -0.05) is 13.0 Å². The average molecular weight is 436 g/mol. The van der Waals surface area contributed by atoms with E-state index in [1.165, 1.54) is 46.0 Å². The van der Waals surface area contributed by atoms with Gasteiger partial charge in [-0.3, -0.25) is 20.4 Å². The number of hydrogen-bond donors (Lipinski definition) is 3. The molecular formula is C20H25N3O4S2. The van der Waals surface area contributed by atoms with Gasteiger partial charge >= 0.3 is 0 Å². The number of benzene rings is 1. The summed E-state index contributed by atoms with van der Waals surface area (Å²) in [5, 5.41) is 0. The van der Waals surface area contributed by atoms with E-state index in [1.54, 1.807) is 13.8 Å². The number of sulfonamides is 1. The van der Waals surface area contributed by atoms with E-state index in [9.17, 15) is 18.0 Å². The van der Waals surface area contributed by atoms with Crippen molar-refractivity contribution in [2.45, 2.75) is 51.0 Å². The topological polar surface area (TPSA) is 104 Å². The first-order chi connectivity index (χ1) is 13.7. The van der Waals surface area contributed by atoms with Gasteiger partial charge in [0.05, 0.1) is 9.77 Å². The monoisotopic (exact) mass is 435 g/mol. The summed E-state index contributed by atoms with van der Waals surface area (Å²) in [7, 11) is -3.71. The summed E-state index contributed by atoms with van der Waals surface area (Å²) in [4.78, 5) is 26.6. The Labute approximate surface area is 174 Å². The van der Waals surface area contributed by atoms with E-state index in [0.29, 0.717) is 10.8 Å². The lowest BCUT2D eigenvalue weighted by atomic mass is 9.90. The Morgan fingerprint density at radius 2 is 1.86 bits per heavy atom. The first kappa shape index (κ1) is 21.5. The Morgan fingerprint density at radius 1 is 1.14 bits per heavy atom. The van der Waals surface area contributed by atoms with E-state index in [4.69, 9.17) is 0 Å². The van der Waals surface area contributed by atoms with Crippen LogP contribution in [0.3, 0.4) is 0 Å². The molecule has 29 heavy (non-hydrogen) atoms. The molecule has 1 heterocycles. The first-order valence-electron chi connectivity index (χ1n) is 9.50. The van der Waals surface area contributed by atoms with Crippen LogP contribution in [0.4, 0.5) is 0 Å². The Balaban J connectivity index is 1.65. The molecule has 3 N–H and O–H groups in total. The lowest BCUT2D eigenvalue weighted by molar-refractivity contribution is 0.0848. The number of fused-ring (bicyclic) bond motifs is 1. The Kier molecular flexibility index (Phi) is 6.40. The van der Waals surface area contributed by atoms with E-state index in [-0.39, 0.29) is 22.4 Å². The van der Waals surface area contributed by atoms with Gasteiger partial charge in [-0.05, 0) is 68.9 Å². The molecule has 156 valence electrons. The standard InChI is InChI=1S/C20H25N3O4S2/c1-12(2)23-29(26,27)16-6-4-5-14(10-16)19(24)21-22-20(25)18-11-15-9-13(3)7-8-17(15)28-18/h4-6,10-13,23H,7-9H2,1-3H3,(H,21,24)(H,22,25). The van der Waals surface area contributed by atoms with Gasteiger partial charge in [-0.15, -0.1) is 11.3 Å². The van der Waals surface area contributed by atoms with Gasteiger partial charge in [0, 0.05) is 16.5 Å². The zero-order valence-corrected chi connectivity index (χ0v) is 18.2. The van der Waals surface area contributed by atoms with Crippen molar-refractivity contribution in [3.63, 3.8) is 0 Å². The van der Waals surface area contributed by atoms with Gasteiger partial charge in [-0.25, -0.2) is 13.1 Å². The molecule has 0 aliphatic heterocycles. The van der Waals surface area contributed by atoms with Crippen molar-refractivity contribution in [2.75, 3.05) is 0 Å². The number of amides is 2. The van der Waals surface area contributed by atoms with E-state index in [0.717, 1.165) is 19.3 Å². The number of rotatable bonds is 5. The molecule has 0 saturated carbocycles. The number of thiophene rings is 1. The lowest BCUT2D eigenvalue weighted by Gasteiger charge is -2.16. The van der Waals surface area contributed by atoms with Crippen LogP contribution in [0.25, 0.3) is 0 Å². The highest BCUT2D eigenvalue weighted by atomic mass is 32.2. The van der Waals surface area contributed by atoms with E-state index in [2.05, 4.69) is 22.5 Å². The molecule has 9 heteroatoms. The number of nitrogens with one attached hydrogen (secondary N) is 3. The van der Waals surface area contributed by atoms with Gasteiger partial charge in [0.25, 0.3) is 11.8 Å². The molecule has 7 nitrogen and oxygen atoms in total. The van der Waals surface area contributed by atoms with Crippen LogP contribution in [0.2, 0.25) is 0 Å². The molecule has 0 radical (unpaired) electrons. The number of carbonyl (C=O) groups excluding carboxylic acids is 2. The van der Waals surface area contributed by atoms with Gasteiger partial charge in [-0.2, -0.15) is 0 Å². The van der Waals surface area contributed by atoms with E-state index < -0.39 is 15.9 Å². The fourth-order valence-corrected chi connectivity index (χ4v) is 5.65. The van der Waals surface area contributed by atoms with Crippen molar-refractivity contribution in [3.05, 3.63) is 51.2 Å². The van der Waals surface area contributed by atoms with Gasteiger partial charge in [0.1, 0.15) is 0 Å². The molecule has 0 bridgehead atoms. The van der Waals surface area contributed by atoms with Crippen LogP contribution in [-0.4, -0.2) is 26.3 Å². The largest absolute Gasteiger partial charge is 0.279 e. The van der Waals surface area contributed by atoms with Crippen LogP contribution in [0.15, 0.2) is 35.2 Å². The van der Waals surface area contributed by atoms with Crippen LogP contribution in [0.1, 0.15) is 57.7 Å². The van der Waals surface area contributed by atoms with Crippen molar-refractivity contribution >= 4 is 33.2 Å². The van der Waals surface area contributed by atoms with E-state index in [1.807, 2.05) is 6.07 Å². The maximum absolute atomic E-state index is 12.4. The number of hydrazine groups is 1. The second-order valence-corrected chi connectivity index (χ2v) is 10.5. The summed E-state index contributed by atoms with van der Waals surface area (Å²) >= 11 is 1.45. The Hall–Kier alpha value is -2.23. The minimum absolute atomic E-state index is 0.00905. The van der Waals surface area contributed by atoms with Crippen LogP contribution >= 0.6 is 11.3 Å². The van der Waals surface area contributed by atoms with Crippen LogP contribution in [0.5, 0.6) is 0 Å². The SMILES string of the molecule is CC1CCc2sc(C(=O)NNC(=O)c3cccc(S(=O)(=O)NC(C)C)c3)cc2C1. The molecule has 3 rings (SSSR count). The van der Waals surface area contributed by atoms with Gasteiger partial charge in [0.2, 0.25) is 10.0 Å². The Bertz CT molecular complexity index is 1030. The summed E-state index contributed by atoms with van der Waals surface area (Å²) in [6, 6.07) is 7.29. The third kappa shape index (κ3) is 5.23. The highest BCUT2D eigenvalue weighted by Crippen LogP contribution is 2.32. The highest BCUT2D eigenvalue weighted by Gasteiger charge is 2.21. The third-order valence-electron chi connectivity index (χ3n) is 4.64. The Morgan fingerprint density at radius 3 is 2.59 bits per heavy atom. The van der Waals surface area contributed by atoms with Crippen molar-refractivity contribution in [2.24, 2.45) is 5.92 Å². The van der Waals surface area contributed by atoms with E-state index >= 15 is 0 Å². The molecule has 2 aromatic rings. The van der Waals surface area contributed by atoms with Crippen LogP contribution in [-0.2, 0) is 22.9 Å². The molecule has 1 aromatic carbocycles. The summed E-state index contributed by atoms with van der Waals surface area (Å²) in [5.41, 5.74) is 6.12. The second-order valence-electron chi connectivity index (χ2n) is 7.62. The molecule has 0 spiro atoms. The van der Waals surface area contributed by atoms with Gasteiger partial charge in [0.15, 0.2) is 0 Å². The molecule has 0 saturated heterocycles. The first-order valence-corrected chi connectivity index (χ1v) is 11.8. The number of carbonyl (C=O) groups is 2. The zero-order chi connectivity index (χ0) is 21.2. The summed E-state index contributed by atoms with van der Waals surface area (Å²) in [5.74, 6) is -0.355. The quantitative estimate of drug-likeness (QED) is 0.628. The fraction of sp³-hybridized carbons (Fsp3) is 0.400. The molecule has 1 aliphatic carbocycles. The summed E-state index contributed by atoms with van der Waals surface area (Å²) in [6.45, 7) is 5.63. The summed E-state index contributed by atoms with van der Waals surface area (Å²) in [6.07, 6.45) is 3.07. The zero-order valence-electron chi connectivity index (χ0n) is 16.6. The second kappa shape index (κ2) is 8.64. The molecule has 1 aromatic heterocycles. The predicted octanol–water partition coefficient (Wildman–Crippen LogP) is 2.63. The number of hydrogen-bond acceptors (Lipinski definition) is 5. The van der Waals surface area contributed by atoms with Crippen molar-refractivity contribution in [1.29, 1.82) is 0 Å². The average Bonchev–Trinajstić information content (AvgIpc) is 3.08. The highest BCUT2D eigenvalue weighted by molar-refractivity contribution is 7.89. The number of aryl methyl sites for hydroxylation is 1. The maximum Gasteiger partial charge on any atom is 0.279 e. The van der Waals surface area contributed by atoms with Crippen molar-refractivity contribution < 1.29 is 18.0 Å². The smallest absolute Gasteiger partial charge is 0.267 e. The van der Waals surface area contributed by atoms with Crippen LogP contribution in [0, 0.1) is 5.92 Å². The van der Waals surface area contributed by atoms with Crippen LogP contribution < -0.4 is 15.6 Å². The minimum atomic E-state index is -3.71. The maximum atomic E-state index is 12.4. The molecular weight excluding hydrogens is 410 g/mol. The molecule has 0 fully saturated rings. The third-order valence-corrected chi connectivity index (χ3v) is 7.53. The molecule has 1 unspecified atom stereocenters. The lowest BCUT2D eigenvalue weighted by Crippen LogP contribution is -2.41. The fourth-order valence-electron chi connectivity index (χ4n) is 3.25. The normalized spacial score (nSPS) is 16.3. The predicted molar refractivity (Wildman–Crippen MR) is 112 cm³/mol.